The number of nitrogens with zero attached hydrogens (tertiary/aromatic N) is 2. The molecule has 0 bridgehead atoms. The Bertz CT molecular complexity index is 537. The normalized spacial score (nSPS) is 12.6. The molecule has 0 saturated carbocycles. The first-order chi connectivity index (χ1) is 9.63. The fraction of sp³-hybridized carbons (Fsp3) is 0.467. The Morgan fingerprint density at radius 2 is 2.15 bits per heavy atom. The number of hydrogen-bond donors (Lipinski definition) is 2. The average molecular weight is 290 g/mol. The van der Waals surface area contributed by atoms with Crippen LogP contribution in [-0.2, 0) is 6.42 Å². The molecule has 0 radical (unpaired) electrons. The van der Waals surface area contributed by atoms with Crippen LogP contribution in [-0.4, -0.2) is 9.97 Å². The Kier molecular flexibility index (Phi) is 4.95. The van der Waals surface area contributed by atoms with E-state index in [1.165, 1.54) is 11.2 Å². The van der Waals surface area contributed by atoms with Gasteiger partial charge in [-0.1, -0.05) is 33.3 Å². The molecule has 20 heavy (non-hydrogen) atoms. The molecule has 3 N–H and O–H groups in total. The lowest BCUT2D eigenvalue weighted by atomic mass is 10.0. The smallest absolute Gasteiger partial charge is 0.135 e. The standard InChI is InChI=1S/C15H22N4S/c1-4-6-11-14(16)17-9-18-15(11)19-13(10(2)3)12-7-5-8-20-12/h5,7-10,13H,4,6H2,1-3H3,(H3,16,17,18,19). The second-order valence-electron chi connectivity index (χ2n) is 5.22. The van der Waals surface area contributed by atoms with Crippen molar-refractivity contribution in [3.63, 3.8) is 0 Å². The molecule has 2 heterocycles. The fourth-order valence-corrected chi connectivity index (χ4v) is 3.18. The van der Waals surface area contributed by atoms with E-state index in [0.717, 1.165) is 24.2 Å². The highest BCUT2D eigenvalue weighted by molar-refractivity contribution is 7.10. The molecular weight excluding hydrogens is 268 g/mol. The molecule has 0 aliphatic carbocycles. The van der Waals surface area contributed by atoms with Gasteiger partial charge in [-0.05, 0) is 23.8 Å². The van der Waals surface area contributed by atoms with Crippen LogP contribution in [0.2, 0.25) is 0 Å². The minimum atomic E-state index is 0.250. The fourth-order valence-electron chi connectivity index (χ4n) is 2.23. The molecule has 0 spiro atoms. The summed E-state index contributed by atoms with van der Waals surface area (Å²) in [5.41, 5.74) is 7.01. The van der Waals surface area contributed by atoms with E-state index in [4.69, 9.17) is 5.73 Å². The molecular formula is C15H22N4S. The zero-order valence-corrected chi connectivity index (χ0v) is 13.1. The SMILES string of the molecule is CCCc1c(N)ncnc1NC(c1cccs1)C(C)C. The quantitative estimate of drug-likeness (QED) is 0.847. The lowest BCUT2D eigenvalue weighted by Crippen LogP contribution is -2.18. The van der Waals surface area contributed by atoms with E-state index in [9.17, 15) is 0 Å². The van der Waals surface area contributed by atoms with Crippen molar-refractivity contribution in [2.45, 2.75) is 39.7 Å². The van der Waals surface area contributed by atoms with Crippen molar-refractivity contribution in [3.05, 3.63) is 34.3 Å². The van der Waals surface area contributed by atoms with Crippen LogP contribution in [0.5, 0.6) is 0 Å². The van der Waals surface area contributed by atoms with Gasteiger partial charge in [-0.15, -0.1) is 11.3 Å². The van der Waals surface area contributed by atoms with Gasteiger partial charge in [0.1, 0.15) is 18.0 Å². The number of aromatic nitrogens is 2. The molecule has 5 heteroatoms. The van der Waals surface area contributed by atoms with Crippen LogP contribution in [0.4, 0.5) is 11.6 Å². The van der Waals surface area contributed by atoms with Gasteiger partial charge < -0.3 is 11.1 Å². The third-order valence-electron chi connectivity index (χ3n) is 3.29. The van der Waals surface area contributed by atoms with Crippen molar-refractivity contribution in [3.8, 4) is 0 Å². The van der Waals surface area contributed by atoms with Gasteiger partial charge in [0.25, 0.3) is 0 Å². The van der Waals surface area contributed by atoms with Crippen molar-refractivity contribution in [2.24, 2.45) is 5.92 Å². The van der Waals surface area contributed by atoms with Crippen LogP contribution in [0, 0.1) is 5.92 Å². The Labute approximate surface area is 124 Å². The molecule has 0 fully saturated rings. The summed E-state index contributed by atoms with van der Waals surface area (Å²) >= 11 is 1.76. The van der Waals surface area contributed by atoms with Gasteiger partial charge in [0.05, 0.1) is 6.04 Å². The Hall–Kier alpha value is -1.62. The third-order valence-corrected chi connectivity index (χ3v) is 4.24. The number of hydrogen-bond acceptors (Lipinski definition) is 5. The molecule has 2 aromatic heterocycles. The van der Waals surface area contributed by atoms with Crippen LogP contribution in [0.3, 0.4) is 0 Å². The topological polar surface area (TPSA) is 63.8 Å². The van der Waals surface area contributed by atoms with Gasteiger partial charge in [-0.3, -0.25) is 0 Å². The zero-order valence-electron chi connectivity index (χ0n) is 12.3. The summed E-state index contributed by atoms with van der Waals surface area (Å²) in [5.74, 6) is 1.92. The summed E-state index contributed by atoms with van der Waals surface area (Å²) in [7, 11) is 0. The molecule has 0 amide bonds. The summed E-state index contributed by atoms with van der Waals surface area (Å²) in [5, 5.41) is 5.66. The lowest BCUT2D eigenvalue weighted by Gasteiger charge is -2.23. The first-order valence-corrected chi connectivity index (χ1v) is 7.90. The second-order valence-corrected chi connectivity index (χ2v) is 6.20. The minimum Gasteiger partial charge on any atom is -0.383 e. The second kappa shape index (κ2) is 6.70. The van der Waals surface area contributed by atoms with Gasteiger partial charge >= 0.3 is 0 Å². The Morgan fingerprint density at radius 3 is 2.75 bits per heavy atom. The number of thiophene rings is 1. The third kappa shape index (κ3) is 3.28. The monoisotopic (exact) mass is 290 g/mol. The highest BCUT2D eigenvalue weighted by Crippen LogP contribution is 2.31. The summed E-state index contributed by atoms with van der Waals surface area (Å²) < 4.78 is 0. The number of nitrogens with two attached hydrogens (primary N) is 1. The molecule has 0 aliphatic rings. The van der Waals surface area contributed by atoms with Crippen LogP contribution in [0.25, 0.3) is 0 Å². The lowest BCUT2D eigenvalue weighted by molar-refractivity contribution is 0.551. The van der Waals surface area contributed by atoms with E-state index in [2.05, 4.69) is 53.6 Å². The maximum absolute atomic E-state index is 5.99. The van der Waals surface area contributed by atoms with Crippen molar-refractivity contribution >= 4 is 23.0 Å². The van der Waals surface area contributed by atoms with Gasteiger partial charge in [-0.2, -0.15) is 0 Å². The highest BCUT2D eigenvalue weighted by atomic mass is 32.1. The van der Waals surface area contributed by atoms with E-state index < -0.39 is 0 Å². The van der Waals surface area contributed by atoms with Gasteiger partial charge in [0, 0.05) is 10.4 Å². The largest absolute Gasteiger partial charge is 0.383 e. The molecule has 0 aromatic carbocycles. The highest BCUT2D eigenvalue weighted by Gasteiger charge is 2.19. The van der Waals surface area contributed by atoms with Crippen LogP contribution >= 0.6 is 11.3 Å². The molecule has 2 rings (SSSR count). The summed E-state index contributed by atoms with van der Waals surface area (Å²) in [6, 6.07) is 4.49. The summed E-state index contributed by atoms with van der Waals surface area (Å²) in [4.78, 5) is 9.81. The molecule has 0 aliphatic heterocycles. The number of nitrogens with one attached hydrogen (secondary N) is 1. The van der Waals surface area contributed by atoms with Crippen LogP contribution in [0.15, 0.2) is 23.8 Å². The van der Waals surface area contributed by atoms with Crippen molar-refractivity contribution in [1.29, 1.82) is 0 Å². The van der Waals surface area contributed by atoms with E-state index in [1.54, 1.807) is 11.3 Å². The van der Waals surface area contributed by atoms with Crippen LogP contribution < -0.4 is 11.1 Å². The number of rotatable bonds is 6. The molecule has 108 valence electrons. The summed E-state index contributed by atoms with van der Waals surface area (Å²) in [6.45, 7) is 6.55. The Balaban J connectivity index is 2.29. The zero-order chi connectivity index (χ0) is 14.5. The molecule has 2 aromatic rings. The number of anilines is 2. The maximum Gasteiger partial charge on any atom is 0.135 e. The van der Waals surface area contributed by atoms with E-state index >= 15 is 0 Å². The number of nitrogen functional groups attached to an aromatic ring is 1. The van der Waals surface area contributed by atoms with Gasteiger partial charge in [0.15, 0.2) is 0 Å². The minimum absolute atomic E-state index is 0.250. The van der Waals surface area contributed by atoms with Crippen molar-refractivity contribution in [2.75, 3.05) is 11.1 Å². The maximum atomic E-state index is 5.99. The predicted molar refractivity (Wildman–Crippen MR) is 86.0 cm³/mol. The van der Waals surface area contributed by atoms with E-state index in [-0.39, 0.29) is 6.04 Å². The van der Waals surface area contributed by atoms with Crippen molar-refractivity contribution < 1.29 is 0 Å². The summed E-state index contributed by atoms with van der Waals surface area (Å²) in [6.07, 6.45) is 3.45. The first-order valence-electron chi connectivity index (χ1n) is 7.02. The first kappa shape index (κ1) is 14.8. The Morgan fingerprint density at radius 1 is 1.35 bits per heavy atom. The average Bonchev–Trinajstić information content (AvgIpc) is 2.92. The molecule has 0 saturated heterocycles. The van der Waals surface area contributed by atoms with Crippen molar-refractivity contribution in [1.82, 2.24) is 9.97 Å². The molecule has 1 atom stereocenters. The van der Waals surface area contributed by atoms with E-state index in [0.29, 0.717) is 11.7 Å². The van der Waals surface area contributed by atoms with E-state index in [1.807, 2.05) is 0 Å². The molecule has 1 unspecified atom stereocenters. The van der Waals surface area contributed by atoms with Gasteiger partial charge in [-0.25, -0.2) is 9.97 Å². The molecule has 4 nitrogen and oxygen atoms in total. The van der Waals surface area contributed by atoms with Crippen LogP contribution in [0.1, 0.15) is 43.7 Å². The predicted octanol–water partition coefficient (Wildman–Crippen LogP) is 3.88. The van der Waals surface area contributed by atoms with Gasteiger partial charge in [0.2, 0.25) is 0 Å².